The van der Waals surface area contributed by atoms with Crippen LogP contribution < -0.4 is 59.4 Å². The molecule has 0 aliphatic heterocycles. The highest BCUT2D eigenvalue weighted by molar-refractivity contribution is 7.95. The van der Waals surface area contributed by atoms with Crippen LogP contribution in [0.1, 0.15) is 73.8 Å². The van der Waals surface area contributed by atoms with Gasteiger partial charge in [-0.25, -0.2) is 0 Å². The van der Waals surface area contributed by atoms with E-state index in [-0.39, 0.29) is 39.5 Å². The van der Waals surface area contributed by atoms with E-state index >= 15 is 0 Å². The predicted molar refractivity (Wildman–Crippen MR) is 264 cm³/mol. The third-order valence-electron chi connectivity index (χ3n) is 11.6. The number of unbranched alkanes of at least 4 members (excludes halogenated alkanes) is 3. The molecule has 328 valence electrons. The van der Waals surface area contributed by atoms with Crippen LogP contribution in [0.3, 0.4) is 0 Å². The second-order valence-electron chi connectivity index (χ2n) is 15.6. The predicted octanol–water partition coefficient (Wildman–Crippen LogP) is 7.24. The van der Waals surface area contributed by atoms with Gasteiger partial charge in [0.1, 0.15) is 52.4 Å². The Labute approximate surface area is 407 Å². The smallest absolute Gasteiger partial charge is 0.133 e. The van der Waals surface area contributed by atoms with Crippen LogP contribution in [-0.2, 0) is 0 Å². The van der Waals surface area contributed by atoms with Crippen LogP contribution in [0.2, 0.25) is 0 Å². The van der Waals surface area contributed by atoms with Crippen molar-refractivity contribution >= 4 is 39.9 Å². The average molecular weight is 1000 g/mol. The summed E-state index contributed by atoms with van der Waals surface area (Å²) < 4.78 is 12.6. The van der Waals surface area contributed by atoms with Gasteiger partial charge in [-0.05, 0) is 131 Å². The standard InChI is InChI=1S/C58H54N2O2P.2BrH/c1-3-4-17-40-61-52-36-32-49(33-37-52)58(57(47-20-9-5-10-21-47)48-30-28-46(29-31-48)45(2)51(43-59)44-60)50-34-38-53(39-35-50)62-41-18-19-42-63(54-22-11-6-12-23-54,55-24-13-7-14-25-55)56-26-15-8-16-27-56;;/h5-16,20-39H,3-4,17-19,40-42H2,1-2H3;2*1H/q+1;;/p-2/b58-57-;;. The van der Waals surface area contributed by atoms with Crippen molar-refractivity contribution in [1.29, 1.82) is 10.5 Å². The maximum Gasteiger partial charge on any atom is 0.133 e. The Bertz CT molecular complexity index is 2560. The summed E-state index contributed by atoms with van der Waals surface area (Å²) in [5.74, 6) is 1.69. The molecule has 0 saturated heterocycles. The Morgan fingerprint density at radius 3 is 1.15 bits per heavy atom. The van der Waals surface area contributed by atoms with Gasteiger partial charge in [-0.2, -0.15) is 10.5 Å². The topological polar surface area (TPSA) is 66.0 Å². The first-order valence-corrected chi connectivity index (χ1v) is 24.0. The molecule has 0 bridgehead atoms. The summed E-state index contributed by atoms with van der Waals surface area (Å²) in [6.07, 6.45) is 6.34. The first-order valence-electron chi connectivity index (χ1n) is 22.0. The lowest BCUT2D eigenvalue weighted by atomic mass is 9.85. The number of benzene rings is 7. The summed E-state index contributed by atoms with van der Waals surface area (Å²) in [6, 6.07) is 72.8. The van der Waals surface area contributed by atoms with Crippen LogP contribution in [0, 0.1) is 22.7 Å². The number of rotatable bonds is 19. The molecule has 0 radical (unpaired) electrons. The summed E-state index contributed by atoms with van der Waals surface area (Å²) in [7, 11) is -1.90. The zero-order valence-corrected chi connectivity index (χ0v) is 41.1. The molecule has 0 aromatic heterocycles. The van der Waals surface area contributed by atoms with Crippen molar-refractivity contribution in [2.45, 2.75) is 46.0 Å². The maximum atomic E-state index is 9.55. The van der Waals surface area contributed by atoms with E-state index in [9.17, 15) is 10.5 Å². The van der Waals surface area contributed by atoms with E-state index < -0.39 is 7.26 Å². The van der Waals surface area contributed by atoms with E-state index in [2.05, 4.69) is 183 Å². The maximum absolute atomic E-state index is 9.55. The molecule has 7 aromatic carbocycles. The van der Waals surface area contributed by atoms with E-state index in [4.69, 9.17) is 9.47 Å². The van der Waals surface area contributed by atoms with Crippen LogP contribution >= 0.6 is 7.26 Å². The van der Waals surface area contributed by atoms with E-state index in [1.54, 1.807) is 0 Å². The van der Waals surface area contributed by atoms with E-state index in [0.717, 1.165) is 88.7 Å². The van der Waals surface area contributed by atoms with Crippen LogP contribution in [0.15, 0.2) is 200 Å². The normalized spacial score (nSPS) is 11.1. The van der Waals surface area contributed by atoms with Crippen molar-refractivity contribution in [2.75, 3.05) is 19.4 Å². The summed E-state index contributed by atoms with van der Waals surface area (Å²) >= 11 is 0. The molecule has 65 heavy (non-hydrogen) atoms. The highest BCUT2D eigenvalue weighted by atomic mass is 79.9. The van der Waals surface area contributed by atoms with Crippen LogP contribution in [0.4, 0.5) is 0 Å². The highest BCUT2D eigenvalue weighted by Gasteiger charge is 2.44. The zero-order valence-electron chi connectivity index (χ0n) is 37.0. The van der Waals surface area contributed by atoms with Gasteiger partial charge in [0, 0.05) is 0 Å². The van der Waals surface area contributed by atoms with Gasteiger partial charge in [-0.3, -0.25) is 0 Å². The van der Waals surface area contributed by atoms with Gasteiger partial charge in [-0.1, -0.05) is 153 Å². The molecular weight excluding hydrogens is 947 g/mol. The van der Waals surface area contributed by atoms with Crippen molar-refractivity contribution in [1.82, 2.24) is 0 Å². The molecule has 4 nitrogen and oxygen atoms in total. The molecule has 0 aliphatic carbocycles. The van der Waals surface area contributed by atoms with E-state index in [1.165, 1.54) is 15.9 Å². The molecule has 7 heteroatoms. The number of halogens is 2. The molecule has 7 rings (SSSR count). The molecule has 0 spiro atoms. The van der Waals surface area contributed by atoms with Gasteiger partial charge in [-0.15, -0.1) is 0 Å². The Kier molecular flexibility index (Phi) is 19.6. The van der Waals surface area contributed by atoms with Gasteiger partial charge in [0.25, 0.3) is 0 Å². The molecule has 0 aliphatic rings. The first kappa shape index (κ1) is 50.0. The lowest BCUT2D eigenvalue weighted by Gasteiger charge is -2.27. The van der Waals surface area contributed by atoms with Crippen molar-refractivity contribution in [3.63, 3.8) is 0 Å². The molecule has 0 atom stereocenters. The highest BCUT2D eigenvalue weighted by Crippen LogP contribution is 2.56. The van der Waals surface area contributed by atoms with E-state index in [1.807, 2.05) is 37.3 Å². The van der Waals surface area contributed by atoms with Crippen molar-refractivity contribution in [3.8, 4) is 23.6 Å². The molecular formula is C58H54Br2N2O2P-. The largest absolute Gasteiger partial charge is 1.00 e. The molecule has 0 fully saturated rings. The number of hydrogen-bond donors (Lipinski definition) is 0. The Morgan fingerprint density at radius 1 is 0.431 bits per heavy atom. The second-order valence-corrected chi connectivity index (χ2v) is 19.2. The van der Waals surface area contributed by atoms with Crippen LogP contribution in [0.25, 0.3) is 16.7 Å². The van der Waals surface area contributed by atoms with Gasteiger partial charge in [0.2, 0.25) is 0 Å². The SMILES string of the molecule is CCCCCOc1ccc(/C(=C(\c2ccccc2)c2ccc(C(C)=C(C#N)C#N)cc2)c2ccc(OCCCC[P+](c3ccccc3)(c3ccccc3)c3ccccc3)cc2)cc1.[Br-].[Br-]. The van der Waals surface area contributed by atoms with Gasteiger partial charge in [0.15, 0.2) is 0 Å². The lowest BCUT2D eigenvalue weighted by molar-refractivity contribution is -0.00100. The third kappa shape index (κ3) is 12.4. The van der Waals surface area contributed by atoms with Crippen molar-refractivity contribution in [3.05, 3.63) is 228 Å². The van der Waals surface area contributed by atoms with Crippen molar-refractivity contribution in [2.24, 2.45) is 0 Å². The monoisotopic (exact) mass is 999 g/mol. The Balaban J connectivity index is 0.00000397. The second kappa shape index (κ2) is 25.5. The minimum absolute atomic E-state index is 0. The number of nitrogens with zero attached hydrogens (tertiary/aromatic N) is 2. The molecule has 0 unspecified atom stereocenters. The molecule has 0 heterocycles. The van der Waals surface area contributed by atoms with Crippen LogP contribution in [0.5, 0.6) is 11.5 Å². The average Bonchev–Trinajstić information content (AvgIpc) is 3.35. The number of ether oxygens (including phenoxy) is 2. The first-order chi connectivity index (χ1) is 31.0. The summed E-state index contributed by atoms with van der Waals surface area (Å²) in [5, 5.41) is 23.3. The zero-order chi connectivity index (χ0) is 43.7. The quantitative estimate of drug-likeness (QED) is 0.0371. The summed E-state index contributed by atoms with van der Waals surface area (Å²) in [5.41, 5.74) is 7.95. The van der Waals surface area contributed by atoms with Crippen molar-refractivity contribution < 1.29 is 43.4 Å². The Hall–Kier alpha value is -6.01. The third-order valence-corrected chi connectivity index (χ3v) is 16.1. The van der Waals surface area contributed by atoms with E-state index in [0.29, 0.717) is 18.8 Å². The fraction of sp³-hybridized carbons (Fsp3) is 0.172. The fourth-order valence-electron chi connectivity index (χ4n) is 8.24. The minimum atomic E-state index is -1.90. The number of nitriles is 2. The van der Waals surface area contributed by atoms with Crippen LogP contribution in [-0.4, -0.2) is 19.4 Å². The van der Waals surface area contributed by atoms with Gasteiger partial charge < -0.3 is 43.4 Å². The fourth-order valence-corrected chi connectivity index (χ4v) is 12.7. The number of hydrogen-bond acceptors (Lipinski definition) is 4. The van der Waals surface area contributed by atoms with Gasteiger partial charge in [0.05, 0.1) is 19.4 Å². The molecule has 0 saturated carbocycles. The Morgan fingerprint density at radius 2 is 0.769 bits per heavy atom. The summed E-state index contributed by atoms with van der Waals surface area (Å²) in [6.45, 7) is 5.33. The molecule has 7 aromatic rings. The number of allylic oxidation sites excluding steroid dienone is 2. The lowest BCUT2D eigenvalue weighted by Crippen LogP contribution is -3.00. The molecule has 0 amide bonds. The molecule has 0 N–H and O–H groups in total. The summed E-state index contributed by atoms with van der Waals surface area (Å²) in [4.78, 5) is 0. The minimum Gasteiger partial charge on any atom is -1.00 e. The van der Waals surface area contributed by atoms with Gasteiger partial charge >= 0.3 is 0 Å².